The molecule has 26 heavy (non-hydrogen) atoms. The maximum atomic E-state index is 4.87. The standard InChI is InChI=1S/C21H30N4S/c1-4-22-21(23-12-10-20-24-14-17(3)26-20)25-13-11-19(16(2)15-25)18-8-6-5-7-9-18/h5-9,14,16,19H,4,10-13,15H2,1-3H3,(H,22,23). The highest BCUT2D eigenvalue weighted by Gasteiger charge is 2.28. The Bertz CT molecular complexity index is 710. The molecule has 1 aliphatic heterocycles. The minimum atomic E-state index is 0.622. The molecular weight excluding hydrogens is 340 g/mol. The molecule has 1 fully saturated rings. The van der Waals surface area contributed by atoms with Crippen LogP contribution in [-0.2, 0) is 6.42 Å². The van der Waals surface area contributed by atoms with E-state index in [2.05, 4.69) is 66.3 Å². The molecule has 0 radical (unpaired) electrons. The molecule has 1 N–H and O–H groups in total. The summed E-state index contributed by atoms with van der Waals surface area (Å²) in [6.07, 6.45) is 4.05. The third kappa shape index (κ3) is 4.85. The van der Waals surface area contributed by atoms with E-state index in [1.807, 2.05) is 6.20 Å². The lowest BCUT2D eigenvalue weighted by molar-refractivity contribution is 0.234. The van der Waals surface area contributed by atoms with Crippen LogP contribution in [0.3, 0.4) is 0 Å². The van der Waals surface area contributed by atoms with E-state index in [1.165, 1.54) is 21.9 Å². The van der Waals surface area contributed by atoms with Gasteiger partial charge in [0, 0.05) is 43.7 Å². The fourth-order valence-electron chi connectivity index (χ4n) is 3.73. The summed E-state index contributed by atoms with van der Waals surface area (Å²) in [5.74, 6) is 2.32. The molecule has 3 rings (SSSR count). The highest BCUT2D eigenvalue weighted by molar-refractivity contribution is 7.11. The van der Waals surface area contributed by atoms with Crippen LogP contribution in [0, 0.1) is 12.8 Å². The third-order valence-electron chi connectivity index (χ3n) is 5.02. The first-order valence-electron chi connectivity index (χ1n) is 9.67. The zero-order chi connectivity index (χ0) is 18.4. The number of likely N-dealkylation sites (tertiary alicyclic amines) is 1. The summed E-state index contributed by atoms with van der Waals surface area (Å²) in [6, 6.07) is 10.9. The first kappa shape index (κ1) is 18.9. The van der Waals surface area contributed by atoms with Gasteiger partial charge in [-0.25, -0.2) is 4.98 Å². The summed E-state index contributed by atoms with van der Waals surface area (Å²) in [4.78, 5) is 13.0. The van der Waals surface area contributed by atoms with Gasteiger partial charge in [-0.05, 0) is 37.7 Å². The highest BCUT2D eigenvalue weighted by atomic mass is 32.1. The SMILES string of the molecule is CCNC(=NCCc1ncc(C)s1)N1CCC(c2ccccc2)C(C)C1. The number of piperidine rings is 1. The fraction of sp³-hybridized carbons (Fsp3) is 0.524. The second kappa shape index (κ2) is 9.17. The van der Waals surface area contributed by atoms with Crippen LogP contribution in [0.25, 0.3) is 0 Å². The van der Waals surface area contributed by atoms with E-state index in [4.69, 9.17) is 4.99 Å². The minimum absolute atomic E-state index is 0.622. The number of aryl methyl sites for hydroxylation is 1. The number of hydrogen-bond acceptors (Lipinski definition) is 3. The van der Waals surface area contributed by atoms with Crippen molar-refractivity contribution >= 4 is 17.3 Å². The number of guanidine groups is 1. The lowest BCUT2D eigenvalue weighted by atomic mass is 9.82. The molecule has 0 saturated carbocycles. The zero-order valence-electron chi connectivity index (χ0n) is 16.1. The molecule has 0 aliphatic carbocycles. The van der Waals surface area contributed by atoms with Crippen molar-refractivity contribution in [2.75, 3.05) is 26.2 Å². The molecule has 1 saturated heterocycles. The number of rotatable bonds is 5. The third-order valence-corrected chi connectivity index (χ3v) is 6.00. The maximum Gasteiger partial charge on any atom is 0.193 e. The number of thiazole rings is 1. The average Bonchev–Trinajstić information content (AvgIpc) is 3.07. The van der Waals surface area contributed by atoms with Crippen LogP contribution in [0.4, 0.5) is 0 Å². The van der Waals surface area contributed by atoms with Crippen molar-refractivity contribution in [1.82, 2.24) is 15.2 Å². The second-order valence-electron chi connectivity index (χ2n) is 7.08. The van der Waals surface area contributed by atoms with Crippen LogP contribution >= 0.6 is 11.3 Å². The van der Waals surface area contributed by atoms with Crippen molar-refractivity contribution in [1.29, 1.82) is 0 Å². The normalized spacial score (nSPS) is 21.0. The summed E-state index contributed by atoms with van der Waals surface area (Å²) < 4.78 is 0. The molecule has 1 aromatic heterocycles. The lowest BCUT2D eigenvalue weighted by Crippen LogP contribution is -2.48. The number of aromatic nitrogens is 1. The van der Waals surface area contributed by atoms with E-state index < -0.39 is 0 Å². The smallest absolute Gasteiger partial charge is 0.193 e. The van der Waals surface area contributed by atoms with Gasteiger partial charge in [-0.3, -0.25) is 4.99 Å². The second-order valence-corrected chi connectivity index (χ2v) is 8.40. The van der Waals surface area contributed by atoms with Gasteiger partial charge in [-0.15, -0.1) is 11.3 Å². The van der Waals surface area contributed by atoms with Crippen LogP contribution in [0.2, 0.25) is 0 Å². The molecule has 4 nitrogen and oxygen atoms in total. The van der Waals surface area contributed by atoms with Gasteiger partial charge in [0.05, 0.1) is 5.01 Å². The molecule has 2 aromatic rings. The summed E-state index contributed by atoms with van der Waals surface area (Å²) in [6.45, 7) is 10.4. The van der Waals surface area contributed by atoms with Gasteiger partial charge in [0.1, 0.15) is 0 Å². The van der Waals surface area contributed by atoms with Gasteiger partial charge in [0.15, 0.2) is 5.96 Å². The largest absolute Gasteiger partial charge is 0.357 e. The molecule has 0 bridgehead atoms. The van der Waals surface area contributed by atoms with Crippen LogP contribution in [0.5, 0.6) is 0 Å². The van der Waals surface area contributed by atoms with E-state index in [-0.39, 0.29) is 0 Å². The summed E-state index contributed by atoms with van der Waals surface area (Å²) in [5.41, 5.74) is 1.47. The molecular formula is C21H30N4S. The average molecular weight is 371 g/mol. The van der Waals surface area contributed by atoms with Gasteiger partial charge >= 0.3 is 0 Å². The van der Waals surface area contributed by atoms with E-state index in [9.17, 15) is 0 Å². The minimum Gasteiger partial charge on any atom is -0.357 e. The molecule has 2 unspecified atom stereocenters. The summed E-state index contributed by atoms with van der Waals surface area (Å²) in [5, 5.41) is 4.66. The predicted molar refractivity (Wildman–Crippen MR) is 111 cm³/mol. The topological polar surface area (TPSA) is 40.5 Å². The number of benzene rings is 1. The Morgan fingerprint density at radius 3 is 2.81 bits per heavy atom. The molecule has 1 aliphatic rings. The Balaban J connectivity index is 1.60. The van der Waals surface area contributed by atoms with Gasteiger partial charge in [-0.1, -0.05) is 37.3 Å². The molecule has 140 valence electrons. The fourth-order valence-corrected chi connectivity index (χ4v) is 4.51. The van der Waals surface area contributed by atoms with Crippen molar-refractivity contribution in [3.8, 4) is 0 Å². The molecule has 2 heterocycles. The quantitative estimate of drug-likeness (QED) is 0.637. The first-order chi connectivity index (χ1) is 12.7. The first-order valence-corrected chi connectivity index (χ1v) is 10.5. The van der Waals surface area contributed by atoms with Crippen LogP contribution in [0.1, 0.15) is 41.6 Å². The number of hydrogen-bond donors (Lipinski definition) is 1. The van der Waals surface area contributed by atoms with Crippen molar-refractivity contribution in [2.45, 2.75) is 39.5 Å². The molecule has 0 spiro atoms. The van der Waals surface area contributed by atoms with Crippen molar-refractivity contribution < 1.29 is 0 Å². The Morgan fingerprint density at radius 1 is 1.35 bits per heavy atom. The van der Waals surface area contributed by atoms with Crippen LogP contribution < -0.4 is 5.32 Å². The van der Waals surface area contributed by atoms with E-state index in [0.29, 0.717) is 11.8 Å². The monoisotopic (exact) mass is 370 g/mol. The van der Waals surface area contributed by atoms with E-state index >= 15 is 0 Å². The predicted octanol–water partition coefficient (Wildman–Crippen LogP) is 4.09. The number of aliphatic imine (C=N–C) groups is 1. The zero-order valence-corrected chi connectivity index (χ0v) is 16.9. The summed E-state index contributed by atoms with van der Waals surface area (Å²) in [7, 11) is 0. The molecule has 5 heteroatoms. The number of nitrogens with one attached hydrogen (secondary N) is 1. The van der Waals surface area contributed by atoms with Crippen LogP contribution in [0.15, 0.2) is 41.5 Å². The van der Waals surface area contributed by atoms with E-state index in [1.54, 1.807) is 11.3 Å². The Kier molecular flexibility index (Phi) is 6.67. The van der Waals surface area contributed by atoms with Crippen LogP contribution in [-0.4, -0.2) is 42.0 Å². The highest BCUT2D eigenvalue weighted by Crippen LogP contribution is 2.32. The lowest BCUT2D eigenvalue weighted by Gasteiger charge is -2.39. The number of nitrogens with zero attached hydrogens (tertiary/aromatic N) is 3. The Morgan fingerprint density at radius 2 is 2.15 bits per heavy atom. The van der Waals surface area contributed by atoms with Gasteiger partial charge in [-0.2, -0.15) is 0 Å². The van der Waals surface area contributed by atoms with Crippen molar-refractivity contribution in [3.05, 3.63) is 52.0 Å². The Labute approximate surface area is 161 Å². The molecule has 1 aromatic carbocycles. The Hall–Kier alpha value is -1.88. The molecule has 0 amide bonds. The van der Waals surface area contributed by atoms with Gasteiger partial charge < -0.3 is 10.2 Å². The summed E-state index contributed by atoms with van der Waals surface area (Å²) >= 11 is 1.77. The van der Waals surface area contributed by atoms with Crippen molar-refractivity contribution in [3.63, 3.8) is 0 Å². The maximum absolute atomic E-state index is 4.87. The van der Waals surface area contributed by atoms with E-state index in [0.717, 1.165) is 38.6 Å². The molecule has 2 atom stereocenters. The van der Waals surface area contributed by atoms with Crippen molar-refractivity contribution in [2.24, 2.45) is 10.9 Å². The van der Waals surface area contributed by atoms with Gasteiger partial charge in [0.25, 0.3) is 0 Å². The van der Waals surface area contributed by atoms with Gasteiger partial charge in [0.2, 0.25) is 0 Å².